The van der Waals surface area contributed by atoms with Crippen LogP contribution in [0.3, 0.4) is 0 Å². The van der Waals surface area contributed by atoms with Crippen LogP contribution in [0.4, 0.5) is 13.2 Å². The predicted molar refractivity (Wildman–Crippen MR) is 109 cm³/mol. The Morgan fingerprint density at radius 3 is 2.07 bits per heavy atom. The van der Waals surface area contributed by atoms with Crippen LogP contribution >= 0.6 is 23.2 Å². The summed E-state index contributed by atoms with van der Waals surface area (Å²) in [5.41, 5.74) is 0.653. The molecule has 0 saturated heterocycles. The minimum absolute atomic E-state index is 0.0518. The average molecular weight is 482 g/mol. The second-order valence-corrected chi connectivity index (χ2v) is 9.81. The molecule has 1 unspecified atom stereocenters. The number of hydrogen-bond acceptors (Lipinski definition) is 3. The first-order valence-corrected chi connectivity index (χ1v) is 11.6. The molecule has 0 aliphatic heterocycles. The molecule has 10 heteroatoms. The Morgan fingerprint density at radius 1 is 0.967 bits per heavy atom. The van der Waals surface area contributed by atoms with E-state index in [1.54, 1.807) is 18.2 Å². The number of ether oxygens (including phenoxy) is 1. The van der Waals surface area contributed by atoms with Gasteiger partial charge in [0, 0.05) is 16.1 Å². The zero-order chi connectivity index (χ0) is 21.9. The molecule has 0 bridgehead atoms. The maximum absolute atomic E-state index is 13.0. The van der Waals surface area contributed by atoms with Crippen LogP contribution in [-0.4, -0.2) is 14.8 Å². The molecule has 2 aromatic rings. The number of rotatable bonds is 6. The Morgan fingerprint density at radius 2 is 1.53 bits per heavy atom. The number of sulfonamides is 1. The molecule has 1 fully saturated rings. The summed E-state index contributed by atoms with van der Waals surface area (Å²) in [7, 11) is -4.02. The molecule has 1 saturated carbocycles. The summed E-state index contributed by atoms with van der Waals surface area (Å²) in [6, 6.07) is 8.45. The number of benzene rings is 2. The van der Waals surface area contributed by atoms with Gasteiger partial charge in [-0.15, -0.1) is 13.2 Å². The van der Waals surface area contributed by atoms with Crippen molar-refractivity contribution in [1.82, 2.24) is 4.72 Å². The highest BCUT2D eigenvalue weighted by atomic mass is 35.5. The lowest BCUT2D eigenvalue weighted by Gasteiger charge is -2.31. The molecule has 0 amide bonds. The third kappa shape index (κ3) is 6.26. The molecule has 1 atom stereocenters. The van der Waals surface area contributed by atoms with Gasteiger partial charge in [-0.1, -0.05) is 42.5 Å². The van der Waals surface area contributed by atoms with E-state index in [0.29, 0.717) is 15.6 Å². The van der Waals surface area contributed by atoms with Crippen molar-refractivity contribution in [2.24, 2.45) is 5.92 Å². The van der Waals surface area contributed by atoms with E-state index in [4.69, 9.17) is 23.2 Å². The fourth-order valence-electron chi connectivity index (χ4n) is 3.71. The number of hydrogen-bond donors (Lipinski definition) is 1. The van der Waals surface area contributed by atoms with Gasteiger partial charge in [0.05, 0.1) is 4.90 Å². The molecule has 0 radical (unpaired) electrons. The molecule has 1 aliphatic carbocycles. The Kier molecular flexibility index (Phi) is 7.22. The molecule has 0 heterocycles. The SMILES string of the molecule is O=S(=O)(NC(c1cc(Cl)cc(Cl)c1)C1CCCCC1)c1ccc(OC(F)(F)F)cc1. The molecule has 2 aromatic carbocycles. The van der Waals surface area contributed by atoms with Crippen molar-refractivity contribution in [1.29, 1.82) is 0 Å². The number of alkyl halides is 3. The van der Waals surface area contributed by atoms with Gasteiger partial charge in [-0.3, -0.25) is 0 Å². The van der Waals surface area contributed by atoms with E-state index in [1.807, 2.05) is 0 Å². The molecule has 30 heavy (non-hydrogen) atoms. The van der Waals surface area contributed by atoms with Gasteiger partial charge in [0.1, 0.15) is 5.75 Å². The molecule has 4 nitrogen and oxygen atoms in total. The summed E-state index contributed by atoms with van der Waals surface area (Å²) >= 11 is 12.2. The molecule has 1 aliphatic rings. The summed E-state index contributed by atoms with van der Waals surface area (Å²) < 4.78 is 69.5. The molecule has 164 valence electrons. The van der Waals surface area contributed by atoms with Crippen LogP contribution in [-0.2, 0) is 10.0 Å². The molecule has 1 N–H and O–H groups in total. The van der Waals surface area contributed by atoms with E-state index in [9.17, 15) is 21.6 Å². The fourth-order valence-corrected chi connectivity index (χ4v) is 5.55. The van der Waals surface area contributed by atoms with Crippen LogP contribution in [0.2, 0.25) is 10.0 Å². The van der Waals surface area contributed by atoms with Gasteiger partial charge in [-0.2, -0.15) is 0 Å². The Hall–Kier alpha value is -1.48. The number of nitrogens with one attached hydrogen (secondary N) is 1. The van der Waals surface area contributed by atoms with Crippen molar-refractivity contribution in [3.8, 4) is 5.75 Å². The zero-order valence-electron chi connectivity index (χ0n) is 15.8. The summed E-state index contributed by atoms with van der Waals surface area (Å²) in [5.74, 6) is -0.442. The van der Waals surface area contributed by atoms with Crippen molar-refractivity contribution < 1.29 is 26.3 Å². The average Bonchev–Trinajstić information content (AvgIpc) is 2.65. The molecule has 3 rings (SSSR count). The fraction of sp³-hybridized carbons (Fsp3) is 0.400. The first-order valence-electron chi connectivity index (χ1n) is 9.38. The largest absolute Gasteiger partial charge is 0.573 e. The van der Waals surface area contributed by atoms with Gasteiger partial charge < -0.3 is 4.74 Å². The summed E-state index contributed by atoms with van der Waals surface area (Å²) in [5, 5.41) is 0.789. The van der Waals surface area contributed by atoms with Gasteiger partial charge in [-0.05, 0) is 66.8 Å². The third-order valence-corrected chi connectivity index (χ3v) is 6.91. The maximum Gasteiger partial charge on any atom is 0.573 e. The highest BCUT2D eigenvalue weighted by Crippen LogP contribution is 2.37. The van der Waals surface area contributed by atoms with E-state index in [1.165, 1.54) is 0 Å². The minimum atomic E-state index is -4.85. The first-order chi connectivity index (χ1) is 14.0. The van der Waals surface area contributed by atoms with E-state index >= 15 is 0 Å². The topological polar surface area (TPSA) is 55.4 Å². The quantitative estimate of drug-likeness (QED) is 0.512. The normalized spacial score (nSPS) is 17.0. The van der Waals surface area contributed by atoms with Crippen molar-refractivity contribution in [2.75, 3.05) is 0 Å². The second-order valence-electron chi connectivity index (χ2n) is 7.22. The van der Waals surface area contributed by atoms with Crippen LogP contribution < -0.4 is 9.46 Å². The van der Waals surface area contributed by atoms with E-state index in [0.717, 1.165) is 56.4 Å². The van der Waals surface area contributed by atoms with E-state index in [-0.39, 0.29) is 10.8 Å². The smallest absolute Gasteiger partial charge is 0.406 e. The monoisotopic (exact) mass is 481 g/mol. The van der Waals surface area contributed by atoms with Gasteiger partial charge >= 0.3 is 6.36 Å². The lowest BCUT2D eigenvalue weighted by molar-refractivity contribution is -0.274. The van der Waals surface area contributed by atoms with Crippen molar-refractivity contribution in [3.05, 3.63) is 58.1 Å². The molecule has 0 spiro atoms. The second kappa shape index (κ2) is 9.34. The maximum atomic E-state index is 13.0. The molecular formula is C20H20Cl2F3NO3S. The van der Waals surface area contributed by atoms with Crippen LogP contribution in [0.15, 0.2) is 47.4 Å². The summed E-state index contributed by atoms with van der Waals surface area (Å²) in [6.07, 6.45) is -0.101. The van der Waals surface area contributed by atoms with Gasteiger partial charge in [0.2, 0.25) is 10.0 Å². The third-order valence-electron chi connectivity index (χ3n) is 5.01. The zero-order valence-corrected chi connectivity index (χ0v) is 18.1. The number of halogens is 5. The van der Waals surface area contributed by atoms with Gasteiger partial charge in [0.25, 0.3) is 0 Å². The lowest BCUT2D eigenvalue weighted by Crippen LogP contribution is -2.34. The standard InChI is InChI=1S/C20H20Cl2F3NO3S/c21-15-10-14(11-16(22)12-15)19(13-4-2-1-3-5-13)26-30(27,28)18-8-6-17(7-9-18)29-20(23,24)25/h6-13,19,26H,1-5H2. The Bertz CT molecular complexity index is 956. The predicted octanol–water partition coefficient (Wildman–Crippen LogP) is 6.49. The van der Waals surface area contributed by atoms with Crippen molar-refractivity contribution in [3.63, 3.8) is 0 Å². The van der Waals surface area contributed by atoms with Gasteiger partial charge in [0.15, 0.2) is 0 Å². The van der Waals surface area contributed by atoms with Gasteiger partial charge in [-0.25, -0.2) is 13.1 Å². The Labute approximate surface area is 183 Å². The molecule has 0 aromatic heterocycles. The Balaban J connectivity index is 1.88. The van der Waals surface area contributed by atoms with Crippen molar-refractivity contribution >= 4 is 33.2 Å². The highest BCUT2D eigenvalue weighted by Gasteiger charge is 2.32. The highest BCUT2D eigenvalue weighted by molar-refractivity contribution is 7.89. The summed E-state index contributed by atoms with van der Waals surface area (Å²) in [4.78, 5) is -0.161. The van der Waals surface area contributed by atoms with Crippen LogP contribution in [0, 0.1) is 5.92 Å². The van der Waals surface area contributed by atoms with Crippen LogP contribution in [0.1, 0.15) is 43.7 Å². The summed E-state index contributed by atoms with van der Waals surface area (Å²) in [6.45, 7) is 0. The minimum Gasteiger partial charge on any atom is -0.406 e. The lowest BCUT2D eigenvalue weighted by atomic mass is 9.81. The first kappa shape index (κ1) is 23.2. The van der Waals surface area contributed by atoms with Crippen LogP contribution in [0.25, 0.3) is 0 Å². The van der Waals surface area contributed by atoms with E-state index in [2.05, 4.69) is 9.46 Å². The van der Waals surface area contributed by atoms with E-state index < -0.39 is 28.2 Å². The molecular weight excluding hydrogens is 462 g/mol. The van der Waals surface area contributed by atoms with Crippen molar-refractivity contribution in [2.45, 2.75) is 49.4 Å². The van der Waals surface area contributed by atoms with Crippen LogP contribution in [0.5, 0.6) is 5.75 Å².